The van der Waals surface area contributed by atoms with E-state index < -0.39 is 0 Å². The molecule has 1 rings (SSSR count). The second kappa shape index (κ2) is 8.25. The zero-order valence-corrected chi connectivity index (χ0v) is 10.9. The summed E-state index contributed by atoms with van der Waals surface area (Å²) in [7, 11) is 0. The Morgan fingerprint density at radius 3 is 2.94 bits per heavy atom. The van der Waals surface area contributed by atoms with E-state index in [0.717, 1.165) is 39.1 Å². The molecule has 0 amide bonds. The molecule has 0 aliphatic carbocycles. The smallest absolute Gasteiger partial charge is 0.330 e. The monoisotopic (exact) mass is 241 g/mol. The van der Waals surface area contributed by atoms with Crippen LogP contribution >= 0.6 is 0 Å². The van der Waals surface area contributed by atoms with Gasteiger partial charge >= 0.3 is 5.97 Å². The standard InChI is InChI=1S/C13H23NO3/c1-3-16-12-7-5-9-14(11-12)10-6-8-13(15)17-4-2/h6,8,12H,3-5,7,9-11H2,1-2H3. The molecule has 1 aliphatic rings. The number of rotatable bonds is 6. The van der Waals surface area contributed by atoms with Crippen molar-refractivity contribution < 1.29 is 14.3 Å². The van der Waals surface area contributed by atoms with E-state index in [-0.39, 0.29) is 5.97 Å². The lowest BCUT2D eigenvalue weighted by molar-refractivity contribution is -0.137. The van der Waals surface area contributed by atoms with Crippen molar-refractivity contribution in [3.63, 3.8) is 0 Å². The van der Waals surface area contributed by atoms with Crippen LogP contribution in [0.4, 0.5) is 0 Å². The number of piperidine rings is 1. The molecular formula is C13H23NO3. The van der Waals surface area contributed by atoms with Gasteiger partial charge in [0.2, 0.25) is 0 Å². The molecule has 1 atom stereocenters. The van der Waals surface area contributed by atoms with Crippen molar-refractivity contribution in [1.82, 2.24) is 4.90 Å². The summed E-state index contributed by atoms with van der Waals surface area (Å²) in [5.41, 5.74) is 0. The van der Waals surface area contributed by atoms with E-state index in [4.69, 9.17) is 9.47 Å². The molecule has 1 saturated heterocycles. The fourth-order valence-corrected chi connectivity index (χ4v) is 2.04. The molecule has 0 N–H and O–H groups in total. The van der Waals surface area contributed by atoms with Crippen molar-refractivity contribution in [3.05, 3.63) is 12.2 Å². The summed E-state index contributed by atoms with van der Waals surface area (Å²) in [6.45, 7) is 7.87. The van der Waals surface area contributed by atoms with E-state index >= 15 is 0 Å². The molecule has 98 valence electrons. The first-order chi connectivity index (χ1) is 8.26. The first-order valence-electron chi connectivity index (χ1n) is 6.43. The van der Waals surface area contributed by atoms with Gasteiger partial charge in [-0.15, -0.1) is 0 Å². The average molecular weight is 241 g/mol. The molecule has 0 spiro atoms. The molecule has 4 nitrogen and oxygen atoms in total. The highest BCUT2D eigenvalue weighted by Gasteiger charge is 2.18. The van der Waals surface area contributed by atoms with Crippen molar-refractivity contribution in [3.8, 4) is 0 Å². The van der Waals surface area contributed by atoms with Gasteiger partial charge in [-0.3, -0.25) is 4.90 Å². The predicted molar refractivity (Wildman–Crippen MR) is 66.9 cm³/mol. The lowest BCUT2D eigenvalue weighted by atomic mass is 10.1. The molecule has 1 heterocycles. The summed E-state index contributed by atoms with van der Waals surface area (Å²) in [5, 5.41) is 0. The molecule has 0 saturated carbocycles. The Hall–Kier alpha value is -0.870. The summed E-state index contributed by atoms with van der Waals surface area (Å²) < 4.78 is 10.4. The number of likely N-dealkylation sites (tertiary alicyclic amines) is 1. The van der Waals surface area contributed by atoms with Crippen LogP contribution in [-0.4, -0.2) is 49.8 Å². The van der Waals surface area contributed by atoms with Crippen LogP contribution in [0.15, 0.2) is 12.2 Å². The zero-order chi connectivity index (χ0) is 12.5. The van der Waals surface area contributed by atoms with Crippen LogP contribution < -0.4 is 0 Å². The maximum atomic E-state index is 11.1. The van der Waals surface area contributed by atoms with Gasteiger partial charge in [-0.1, -0.05) is 6.08 Å². The van der Waals surface area contributed by atoms with E-state index in [2.05, 4.69) is 4.90 Å². The number of ether oxygens (including phenoxy) is 2. The topological polar surface area (TPSA) is 38.8 Å². The third kappa shape index (κ3) is 5.84. The largest absolute Gasteiger partial charge is 0.463 e. The van der Waals surface area contributed by atoms with E-state index in [1.807, 2.05) is 19.9 Å². The van der Waals surface area contributed by atoms with Gasteiger partial charge in [-0.05, 0) is 33.2 Å². The molecule has 1 fully saturated rings. The molecular weight excluding hydrogens is 218 g/mol. The highest BCUT2D eigenvalue weighted by molar-refractivity contribution is 5.81. The second-order valence-corrected chi connectivity index (χ2v) is 4.13. The number of carbonyl (C=O) groups excluding carboxylic acids is 1. The van der Waals surface area contributed by atoms with Gasteiger partial charge < -0.3 is 9.47 Å². The summed E-state index contributed by atoms with van der Waals surface area (Å²) in [6, 6.07) is 0. The van der Waals surface area contributed by atoms with Crippen molar-refractivity contribution in [1.29, 1.82) is 0 Å². The fraction of sp³-hybridized carbons (Fsp3) is 0.769. The van der Waals surface area contributed by atoms with Crippen LogP contribution in [0, 0.1) is 0 Å². The fourth-order valence-electron chi connectivity index (χ4n) is 2.04. The minimum absolute atomic E-state index is 0.258. The molecule has 0 aromatic heterocycles. The Kier molecular flexibility index (Phi) is 6.89. The summed E-state index contributed by atoms with van der Waals surface area (Å²) in [4.78, 5) is 13.4. The number of esters is 1. The van der Waals surface area contributed by atoms with Crippen LogP contribution in [0.25, 0.3) is 0 Å². The first kappa shape index (κ1) is 14.2. The second-order valence-electron chi connectivity index (χ2n) is 4.13. The zero-order valence-electron chi connectivity index (χ0n) is 10.9. The minimum atomic E-state index is -0.258. The highest BCUT2D eigenvalue weighted by atomic mass is 16.5. The maximum absolute atomic E-state index is 11.1. The van der Waals surface area contributed by atoms with Crippen molar-refractivity contribution in [2.75, 3.05) is 32.8 Å². The summed E-state index contributed by atoms with van der Waals surface area (Å²) >= 11 is 0. The van der Waals surface area contributed by atoms with Crippen LogP contribution in [0.2, 0.25) is 0 Å². The Balaban J connectivity index is 2.24. The highest BCUT2D eigenvalue weighted by Crippen LogP contribution is 2.12. The third-order valence-electron chi connectivity index (χ3n) is 2.77. The maximum Gasteiger partial charge on any atom is 0.330 e. The molecule has 17 heavy (non-hydrogen) atoms. The summed E-state index contributed by atoms with van der Waals surface area (Å²) in [5.74, 6) is -0.258. The number of hydrogen-bond acceptors (Lipinski definition) is 4. The van der Waals surface area contributed by atoms with Crippen molar-refractivity contribution in [2.24, 2.45) is 0 Å². The molecule has 1 aliphatic heterocycles. The van der Waals surface area contributed by atoms with E-state index in [0.29, 0.717) is 12.7 Å². The number of nitrogens with zero attached hydrogens (tertiary/aromatic N) is 1. The average Bonchev–Trinajstić information content (AvgIpc) is 2.30. The first-order valence-corrected chi connectivity index (χ1v) is 6.43. The van der Waals surface area contributed by atoms with Crippen LogP contribution in [-0.2, 0) is 14.3 Å². The van der Waals surface area contributed by atoms with Gasteiger partial charge in [0.05, 0.1) is 12.7 Å². The van der Waals surface area contributed by atoms with Crippen molar-refractivity contribution in [2.45, 2.75) is 32.8 Å². The van der Waals surface area contributed by atoms with Gasteiger partial charge in [-0.25, -0.2) is 4.79 Å². The SMILES string of the molecule is CCOC(=O)C=CCN1CCCC(OCC)C1. The lowest BCUT2D eigenvalue weighted by Gasteiger charge is -2.31. The third-order valence-corrected chi connectivity index (χ3v) is 2.77. The van der Waals surface area contributed by atoms with Crippen molar-refractivity contribution >= 4 is 5.97 Å². The predicted octanol–water partition coefficient (Wildman–Crippen LogP) is 1.61. The Labute approximate surface area is 104 Å². The Morgan fingerprint density at radius 1 is 1.41 bits per heavy atom. The Bertz CT molecular complexity index is 251. The van der Waals surface area contributed by atoms with Gasteiger partial charge in [0.25, 0.3) is 0 Å². The molecule has 0 aromatic rings. The Morgan fingerprint density at radius 2 is 2.24 bits per heavy atom. The molecule has 0 bridgehead atoms. The van der Waals surface area contributed by atoms with Crippen LogP contribution in [0.5, 0.6) is 0 Å². The molecule has 4 heteroatoms. The van der Waals surface area contributed by atoms with Crippen LogP contribution in [0.1, 0.15) is 26.7 Å². The normalized spacial score (nSPS) is 21.9. The molecule has 1 unspecified atom stereocenters. The van der Waals surface area contributed by atoms with E-state index in [9.17, 15) is 4.79 Å². The minimum Gasteiger partial charge on any atom is -0.463 e. The molecule has 0 aromatic carbocycles. The van der Waals surface area contributed by atoms with Crippen LogP contribution in [0.3, 0.4) is 0 Å². The van der Waals surface area contributed by atoms with Gasteiger partial charge in [0.15, 0.2) is 0 Å². The van der Waals surface area contributed by atoms with E-state index in [1.165, 1.54) is 6.08 Å². The number of carbonyl (C=O) groups is 1. The summed E-state index contributed by atoms with van der Waals surface area (Å²) in [6.07, 6.45) is 6.04. The lowest BCUT2D eigenvalue weighted by Crippen LogP contribution is -2.39. The molecule has 0 radical (unpaired) electrons. The van der Waals surface area contributed by atoms with E-state index in [1.54, 1.807) is 0 Å². The number of hydrogen-bond donors (Lipinski definition) is 0. The van der Waals surface area contributed by atoms with Gasteiger partial charge in [0, 0.05) is 25.8 Å². The van der Waals surface area contributed by atoms with Gasteiger partial charge in [-0.2, -0.15) is 0 Å². The van der Waals surface area contributed by atoms with Gasteiger partial charge in [0.1, 0.15) is 0 Å². The quantitative estimate of drug-likeness (QED) is 0.523.